The minimum Gasteiger partial charge on any atom is -0.436 e. The number of carbonyl (C=O) groups excluding carboxylic acids is 3. The van der Waals surface area contributed by atoms with Gasteiger partial charge in [0.05, 0.1) is 5.57 Å². The smallest absolute Gasteiger partial charge is 0.247 e. The molecule has 0 radical (unpaired) electrons. The van der Waals surface area contributed by atoms with Gasteiger partial charge in [0.2, 0.25) is 17.6 Å². The number of benzene rings is 2. The van der Waals surface area contributed by atoms with Crippen LogP contribution in [0.5, 0.6) is 0 Å². The fourth-order valence-corrected chi connectivity index (χ4v) is 4.82. The highest BCUT2D eigenvalue weighted by Gasteiger charge is 2.63. The summed E-state index contributed by atoms with van der Waals surface area (Å²) >= 11 is 3.39. The van der Waals surface area contributed by atoms with E-state index >= 15 is 0 Å². The number of nitriles is 1. The number of halogens is 1. The fourth-order valence-electron chi connectivity index (χ4n) is 4.46. The second kappa shape index (κ2) is 5.90. The van der Waals surface area contributed by atoms with Crippen molar-refractivity contribution in [1.82, 2.24) is 0 Å². The number of nitrogens with zero attached hydrogens (tertiary/aromatic N) is 2. The Hall–Kier alpha value is -3.70. The van der Waals surface area contributed by atoms with Gasteiger partial charge in [-0.3, -0.25) is 14.4 Å². The Morgan fingerprint density at radius 2 is 1.77 bits per heavy atom. The maximum absolute atomic E-state index is 13.7. The lowest BCUT2D eigenvalue weighted by molar-refractivity contribution is -0.120. The van der Waals surface area contributed by atoms with Gasteiger partial charge >= 0.3 is 0 Å². The molecule has 2 N–H and O–H groups in total. The van der Waals surface area contributed by atoms with Crippen LogP contribution in [-0.4, -0.2) is 24.5 Å². The number of nitrogens with two attached hydrogens (primary N) is 1. The molecular formula is C22H12BrN3O4. The fraction of sp³-hybridized carbons (Fsp3) is 0.0909. The summed E-state index contributed by atoms with van der Waals surface area (Å²) in [6, 6.07) is 13.4. The van der Waals surface area contributed by atoms with Crippen LogP contribution < -0.4 is 10.6 Å². The van der Waals surface area contributed by atoms with Gasteiger partial charge in [0.1, 0.15) is 17.1 Å². The second-order valence-electron chi connectivity index (χ2n) is 7.14. The molecule has 146 valence electrons. The van der Waals surface area contributed by atoms with Crippen LogP contribution in [0.4, 0.5) is 5.69 Å². The number of amides is 1. The van der Waals surface area contributed by atoms with E-state index in [0.717, 1.165) is 0 Å². The van der Waals surface area contributed by atoms with Crippen molar-refractivity contribution >= 4 is 39.1 Å². The molecule has 0 saturated heterocycles. The molecule has 2 aromatic rings. The first-order chi connectivity index (χ1) is 14.3. The van der Waals surface area contributed by atoms with Crippen LogP contribution in [0.2, 0.25) is 0 Å². The number of hydrogen-bond donors (Lipinski definition) is 1. The zero-order valence-corrected chi connectivity index (χ0v) is 17.1. The highest BCUT2D eigenvalue weighted by molar-refractivity contribution is 9.10. The lowest BCUT2D eigenvalue weighted by Gasteiger charge is -2.37. The zero-order valence-electron chi connectivity index (χ0n) is 15.5. The van der Waals surface area contributed by atoms with Crippen LogP contribution in [0.25, 0.3) is 0 Å². The summed E-state index contributed by atoms with van der Waals surface area (Å²) in [5, 5.41) is 9.95. The lowest BCUT2D eigenvalue weighted by atomic mass is 9.64. The molecule has 0 saturated carbocycles. The van der Waals surface area contributed by atoms with Crippen molar-refractivity contribution in [1.29, 1.82) is 5.26 Å². The molecule has 1 atom stereocenters. The van der Waals surface area contributed by atoms with Crippen molar-refractivity contribution in [3.8, 4) is 6.07 Å². The molecule has 30 heavy (non-hydrogen) atoms. The monoisotopic (exact) mass is 461 g/mol. The van der Waals surface area contributed by atoms with E-state index in [1.165, 1.54) is 17.0 Å². The summed E-state index contributed by atoms with van der Waals surface area (Å²) in [4.78, 5) is 41.9. The van der Waals surface area contributed by atoms with Crippen LogP contribution in [0, 0.1) is 11.3 Å². The van der Waals surface area contributed by atoms with Gasteiger partial charge in [0, 0.05) is 33.9 Å². The summed E-state index contributed by atoms with van der Waals surface area (Å²) in [6.45, 7) is 0. The lowest BCUT2D eigenvalue weighted by Crippen LogP contribution is -2.49. The van der Waals surface area contributed by atoms with E-state index in [9.17, 15) is 19.6 Å². The third-order valence-electron chi connectivity index (χ3n) is 5.75. The molecule has 0 aromatic heterocycles. The molecule has 2 aliphatic heterocycles. The van der Waals surface area contributed by atoms with Gasteiger partial charge in [0.25, 0.3) is 0 Å². The largest absolute Gasteiger partial charge is 0.436 e. The Balaban J connectivity index is 1.95. The number of rotatable bonds is 0. The van der Waals surface area contributed by atoms with Gasteiger partial charge in [-0.05, 0) is 18.2 Å². The molecule has 1 spiro atoms. The van der Waals surface area contributed by atoms with E-state index in [-0.39, 0.29) is 33.9 Å². The minimum absolute atomic E-state index is 0.154. The molecule has 5 rings (SSSR count). The SMILES string of the molecule is CN1C(=O)[C@@]2(C(C#N)=C(N)OC3=C2C(=O)c2ccccc2C3=O)c2cc(Br)ccc21. The molecule has 1 amide bonds. The molecule has 3 aliphatic rings. The van der Waals surface area contributed by atoms with Gasteiger partial charge in [-0.2, -0.15) is 5.26 Å². The van der Waals surface area contributed by atoms with Crippen molar-refractivity contribution < 1.29 is 19.1 Å². The molecule has 8 heteroatoms. The average Bonchev–Trinajstić information content (AvgIpc) is 2.94. The normalized spacial score (nSPS) is 22.0. The molecule has 0 bridgehead atoms. The van der Waals surface area contributed by atoms with Crippen molar-refractivity contribution in [3.63, 3.8) is 0 Å². The molecule has 2 aromatic carbocycles. The van der Waals surface area contributed by atoms with Gasteiger partial charge < -0.3 is 15.4 Å². The van der Waals surface area contributed by atoms with E-state index in [0.29, 0.717) is 15.7 Å². The first-order valence-electron chi connectivity index (χ1n) is 8.93. The number of fused-ring (bicyclic) bond motifs is 4. The summed E-state index contributed by atoms with van der Waals surface area (Å²) < 4.78 is 6.15. The molecule has 1 aliphatic carbocycles. The number of ketones is 2. The van der Waals surface area contributed by atoms with E-state index in [2.05, 4.69) is 15.9 Å². The number of ether oxygens (including phenoxy) is 1. The second-order valence-corrected chi connectivity index (χ2v) is 8.05. The Morgan fingerprint density at radius 3 is 2.43 bits per heavy atom. The van der Waals surface area contributed by atoms with Gasteiger partial charge in [-0.1, -0.05) is 40.2 Å². The van der Waals surface area contributed by atoms with Crippen molar-refractivity contribution in [2.24, 2.45) is 5.73 Å². The van der Waals surface area contributed by atoms with Gasteiger partial charge in [0.15, 0.2) is 11.5 Å². The standard InChI is InChI=1S/C22H12BrN3O4/c1-26-15-7-6-10(23)8-13(15)22(21(26)29)14(9-24)20(25)30-19-16(22)17(27)11-4-2-3-5-12(11)18(19)28/h2-8H,25H2,1H3/t22-/m1/s1. The predicted octanol–water partition coefficient (Wildman–Crippen LogP) is 2.72. The average molecular weight is 462 g/mol. The van der Waals surface area contributed by atoms with Crippen LogP contribution >= 0.6 is 15.9 Å². The summed E-state index contributed by atoms with van der Waals surface area (Å²) in [6.07, 6.45) is 0. The number of allylic oxidation sites excluding steroid dienone is 1. The third-order valence-corrected chi connectivity index (χ3v) is 6.24. The van der Waals surface area contributed by atoms with Crippen molar-refractivity contribution in [2.75, 3.05) is 11.9 Å². The third kappa shape index (κ3) is 1.95. The first kappa shape index (κ1) is 18.3. The van der Waals surface area contributed by atoms with Crippen LogP contribution in [0.3, 0.4) is 0 Å². The van der Waals surface area contributed by atoms with Gasteiger partial charge in [-0.15, -0.1) is 0 Å². The van der Waals surface area contributed by atoms with Gasteiger partial charge in [-0.25, -0.2) is 0 Å². The Kier molecular flexibility index (Phi) is 3.61. The van der Waals surface area contributed by atoms with E-state index in [4.69, 9.17) is 10.5 Å². The number of Topliss-reactive ketones (excluding diaryl/α,β-unsaturated/α-hetero) is 2. The summed E-state index contributed by atoms with van der Waals surface area (Å²) in [7, 11) is 1.55. The highest BCUT2D eigenvalue weighted by atomic mass is 79.9. The topological polar surface area (TPSA) is 113 Å². The maximum atomic E-state index is 13.7. The maximum Gasteiger partial charge on any atom is 0.247 e. The van der Waals surface area contributed by atoms with Crippen LogP contribution in [0.15, 0.2) is 69.7 Å². The Morgan fingerprint density at radius 1 is 1.10 bits per heavy atom. The van der Waals surface area contributed by atoms with Crippen LogP contribution in [-0.2, 0) is 14.9 Å². The van der Waals surface area contributed by atoms with Crippen molar-refractivity contribution in [3.05, 3.63) is 86.4 Å². The molecule has 0 fully saturated rings. The predicted molar refractivity (Wildman–Crippen MR) is 109 cm³/mol. The summed E-state index contributed by atoms with van der Waals surface area (Å²) in [5.41, 5.74) is 5.01. The zero-order chi connectivity index (χ0) is 21.4. The highest BCUT2D eigenvalue weighted by Crippen LogP contribution is 2.55. The molecule has 2 heterocycles. The van der Waals surface area contributed by atoms with Crippen molar-refractivity contribution in [2.45, 2.75) is 5.41 Å². The quantitative estimate of drug-likeness (QED) is 0.644. The first-order valence-corrected chi connectivity index (χ1v) is 9.72. The number of carbonyl (C=O) groups is 3. The molecule has 0 unspecified atom stereocenters. The van der Waals surface area contributed by atoms with E-state index in [1.54, 1.807) is 37.4 Å². The minimum atomic E-state index is -1.86. The summed E-state index contributed by atoms with van der Waals surface area (Å²) in [5.74, 6) is -2.34. The molecular weight excluding hydrogens is 450 g/mol. The number of likely N-dealkylation sites (N-methyl/N-ethyl adjacent to an activating group) is 1. The van der Waals surface area contributed by atoms with E-state index < -0.39 is 22.9 Å². The van der Waals surface area contributed by atoms with E-state index in [1.807, 2.05) is 6.07 Å². The van der Waals surface area contributed by atoms with Crippen LogP contribution in [0.1, 0.15) is 26.3 Å². The number of anilines is 1. The molecule has 7 nitrogen and oxygen atoms in total. The Bertz CT molecular complexity index is 1330. The number of hydrogen-bond acceptors (Lipinski definition) is 6. The Labute approximate surface area is 179 Å².